The van der Waals surface area contributed by atoms with Crippen LogP contribution < -0.4 is 0 Å². The molecule has 0 saturated carbocycles. The highest BCUT2D eigenvalue weighted by molar-refractivity contribution is 6.40. The van der Waals surface area contributed by atoms with Crippen molar-refractivity contribution in [2.75, 3.05) is 0 Å². The summed E-state index contributed by atoms with van der Waals surface area (Å²) in [7, 11) is 0. The summed E-state index contributed by atoms with van der Waals surface area (Å²) in [6, 6.07) is 4.27. The number of hydrogen-bond acceptors (Lipinski definition) is 2. The number of rotatable bonds is 2. The summed E-state index contributed by atoms with van der Waals surface area (Å²) in [5, 5.41) is 8.52. The highest BCUT2D eigenvalue weighted by atomic mass is 35.5. The van der Waals surface area contributed by atoms with Gasteiger partial charge in [0, 0.05) is 11.8 Å². The van der Waals surface area contributed by atoms with Crippen molar-refractivity contribution >= 4 is 29.2 Å². The summed E-state index contributed by atoms with van der Waals surface area (Å²) in [5.41, 5.74) is -1.32. The van der Waals surface area contributed by atoms with Gasteiger partial charge in [0.1, 0.15) is 5.56 Å². The number of pyridine rings is 1. The Morgan fingerprint density at radius 3 is 2.48 bits per heavy atom. The highest BCUT2D eigenvalue weighted by Gasteiger charge is 2.31. The molecule has 0 unspecified atom stereocenters. The van der Waals surface area contributed by atoms with Gasteiger partial charge in [-0.3, -0.25) is 4.98 Å². The number of carboxylic acid groups (broad SMARTS) is 1. The Labute approximate surface area is 126 Å². The van der Waals surface area contributed by atoms with Crippen molar-refractivity contribution in [1.82, 2.24) is 4.98 Å². The summed E-state index contributed by atoms with van der Waals surface area (Å²) in [4.78, 5) is 14.9. The molecule has 110 valence electrons. The first-order valence-corrected chi connectivity index (χ1v) is 6.22. The number of carboxylic acids is 1. The fraction of sp³-hybridized carbons (Fsp3) is 0.0769. The number of benzene rings is 1. The molecule has 0 saturated heterocycles. The topological polar surface area (TPSA) is 50.2 Å². The number of nitrogens with zero attached hydrogens (tertiary/aromatic N) is 1. The van der Waals surface area contributed by atoms with Gasteiger partial charge in [-0.2, -0.15) is 13.2 Å². The molecule has 21 heavy (non-hydrogen) atoms. The van der Waals surface area contributed by atoms with Gasteiger partial charge in [-0.25, -0.2) is 4.79 Å². The van der Waals surface area contributed by atoms with Crippen molar-refractivity contribution in [3.63, 3.8) is 0 Å². The zero-order valence-corrected chi connectivity index (χ0v) is 11.6. The molecule has 0 radical (unpaired) electrons. The smallest absolute Gasteiger partial charge is 0.416 e. The lowest BCUT2D eigenvalue weighted by molar-refractivity contribution is -0.137. The van der Waals surface area contributed by atoms with Gasteiger partial charge in [-0.15, -0.1) is 0 Å². The molecular formula is C13H6Cl2F3NO2. The van der Waals surface area contributed by atoms with Crippen LogP contribution in [-0.4, -0.2) is 16.1 Å². The molecule has 1 aromatic heterocycles. The first kappa shape index (κ1) is 15.6. The zero-order chi connectivity index (χ0) is 15.8. The molecule has 0 amide bonds. The minimum absolute atomic E-state index is 0.0500. The molecule has 1 heterocycles. The fourth-order valence-electron chi connectivity index (χ4n) is 1.71. The van der Waals surface area contributed by atoms with Crippen molar-refractivity contribution in [2.24, 2.45) is 0 Å². The molecule has 8 heteroatoms. The van der Waals surface area contributed by atoms with E-state index in [0.29, 0.717) is 0 Å². The van der Waals surface area contributed by atoms with Crippen molar-refractivity contribution in [3.8, 4) is 11.3 Å². The summed E-state index contributed by atoms with van der Waals surface area (Å²) in [6.07, 6.45) is -3.49. The maximum atomic E-state index is 12.7. The van der Waals surface area contributed by atoms with E-state index in [1.165, 1.54) is 12.1 Å². The Kier molecular flexibility index (Phi) is 4.11. The van der Waals surface area contributed by atoms with E-state index in [0.717, 1.165) is 18.3 Å². The molecule has 2 aromatic rings. The van der Waals surface area contributed by atoms with E-state index in [1.807, 2.05) is 0 Å². The molecule has 0 atom stereocenters. The molecule has 1 N–H and O–H groups in total. The SMILES string of the molecule is O=C(O)c1c(Cl)cnc(-c2cccc(C(F)(F)F)c2)c1Cl. The standard InChI is InChI=1S/C13H6Cl2F3NO2/c14-8-5-19-11(10(15)9(8)12(20)21)6-2-1-3-7(4-6)13(16,17)18/h1-5H,(H,20,21). The third-order valence-electron chi connectivity index (χ3n) is 2.65. The minimum Gasteiger partial charge on any atom is -0.478 e. The van der Waals surface area contributed by atoms with Crippen molar-refractivity contribution in [2.45, 2.75) is 6.18 Å². The van der Waals surface area contributed by atoms with Crippen molar-refractivity contribution < 1.29 is 23.1 Å². The zero-order valence-electron chi connectivity index (χ0n) is 10.1. The van der Waals surface area contributed by atoms with Crippen LogP contribution in [0.25, 0.3) is 11.3 Å². The molecule has 1 aromatic carbocycles. The monoisotopic (exact) mass is 335 g/mol. The number of carbonyl (C=O) groups is 1. The largest absolute Gasteiger partial charge is 0.478 e. The highest BCUT2D eigenvalue weighted by Crippen LogP contribution is 2.36. The molecule has 0 aliphatic heterocycles. The predicted octanol–water partition coefficient (Wildman–Crippen LogP) is 4.77. The predicted molar refractivity (Wildman–Crippen MR) is 71.7 cm³/mol. The Bertz CT molecular complexity index is 717. The van der Waals surface area contributed by atoms with E-state index in [9.17, 15) is 18.0 Å². The first-order valence-electron chi connectivity index (χ1n) is 5.46. The van der Waals surface area contributed by atoms with E-state index in [2.05, 4.69) is 4.98 Å². The third kappa shape index (κ3) is 3.11. The van der Waals surface area contributed by atoms with E-state index >= 15 is 0 Å². The lowest BCUT2D eigenvalue weighted by atomic mass is 10.1. The molecule has 0 fully saturated rings. The molecule has 0 bridgehead atoms. The fourth-order valence-corrected chi connectivity index (χ4v) is 2.32. The van der Waals surface area contributed by atoms with Gasteiger partial charge >= 0.3 is 12.1 Å². The van der Waals surface area contributed by atoms with Crippen LogP contribution >= 0.6 is 23.2 Å². The summed E-state index contributed by atoms with van der Waals surface area (Å²) < 4.78 is 38.1. The van der Waals surface area contributed by atoms with Crippen LogP contribution in [0.4, 0.5) is 13.2 Å². The second-order valence-corrected chi connectivity index (χ2v) is 4.81. The van der Waals surface area contributed by atoms with Crippen LogP contribution in [0.3, 0.4) is 0 Å². The van der Waals surface area contributed by atoms with Crippen molar-refractivity contribution in [3.05, 3.63) is 51.6 Å². The first-order chi connectivity index (χ1) is 9.71. The Hall–Kier alpha value is -1.79. The number of hydrogen-bond donors (Lipinski definition) is 1. The van der Waals surface area contributed by atoms with Gasteiger partial charge in [-0.1, -0.05) is 35.3 Å². The van der Waals surface area contributed by atoms with Gasteiger partial charge in [0.05, 0.1) is 21.3 Å². The van der Waals surface area contributed by atoms with Crippen LogP contribution in [0.5, 0.6) is 0 Å². The van der Waals surface area contributed by atoms with Gasteiger partial charge < -0.3 is 5.11 Å². The lowest BCUT2D eigenvalue weighted by Gasteiger charge is -2.11. The second-order valence-electron chi connectivity index (χ2n) is 4.03. The van der Waals surface area contributed by atoms with E-state index in [-0.39, 0.29) is 21.3 Å². The average molecular weight is 336 g/mol. The second kappa shape index (κ2) is 5.54. The quantitative estimate of drug-likeness (QED) is 0.859. The molecule has 0 aliphatic carbocycles. The van der Waals surface area contributed by atoms with Crippen LogP contribution in [0.15, 0.2) is 30.5 Å². The minimum atomic E-state index is -4.52. The van der Waals surface area contributed by atoms with Crippen LogP contribution in [0, 0.1) is 0 Å². The Morgan fingerprint density at radius 2 is 1.90 bits per heavy atom. The Balaban J connectivity index is 2.63. The van der Waals surface area contributed by atoms with Crippen LogP contribution in [0.1, 0.15) is 15.9 Å². The molecule has 0 spiro atoms. The summed E-state index contributed by atoms with van der Waals surface area (Å²) >= 11 is 11.6. The van der Waals surface area contributed by atoms with Crippen molar-refractivity contribution in [1.29, 1.82) is 0 Å². The van der Waals surface area contributed by atoms with Gasteiger partial charge in [0.15, 0.2) is 0 Å². The summed E-state index contributed by atoms with van der Waals surface area (Å²) in [6.45, 7) is 0. The third-order valence-corrected chi connectivity index (χ3v) is 3.30. The van der Waals surface area contributed by atoms with Gasteiger partial charge in [0.2, 0.25) is 0 Å². The normalized spacial score (nSPS) is 11.5. The van der Waals surface area contributed by atoms with Crippen LogP contribution in [0.2, 0.25) is 10.0 Å². The maximum Gasteiger partial charge on any atom is 0.416 e. The van der Waals surface area contributed by atoms with Gasteiger partial charge in [0.25, 0.3) is 0 Å². The molecule has 3 nitrogen and oxygen atoms in total. The Morgan fingerprint density at radius 1 is 1.24 bits per heavy atom. The number of aromatic carboxylic acids is 1. The van der Waals surface area contributed by atoms with Crippen LogP contribution in [-0.2, 0) is 6.18 Å². The molecule has 0 aliphatic rings. The molecule has 2 rings (SSSR count). The number of halogens is 5. The number of aromatic nitrogens is 1. The van der Waals surface area contributed by atoms with E-state index < -0.39 is 23.3 Å². The maximum absolute atomic E-state index is 12.7. The van der Waals surface area contributed by atoms with Gasteiger partial charge in [-0.05, 0) is 12.1 Å². The number of alkyl halides is 3. The van der Waals surface area contributed by atoms with E-state index in [1.54, 1.807) is 0 Å². The van der Waals surface area contributed by atoms with E-state index in [4.69, 9.17) is 28.3 Å². The molecular weight excluding hydrogens is 330 g/mol. The lowest BCUT2D eigenvalue weighted by Crippen LogP contribution is -2.05. The average Bonchev–Trinajstić information content (AvgIpc) is 2.37. The summed E-state index contributed by atoms with van der Waals surface area (Å²) in [5.74, 6) is -1.39.